The summed E-state index contributed by atoms with van der Waals surface area (Å²) in [6.45, 7) is 1.03. The van der Waals surface area contributed by atoms with Crippen LogP contribution in [0.4, 0.5) is 0 Å². The Bertz CT molecular complexity index is 716. The van der Waals surface area contributed by atoms with Crippen LogP contribution in [-0.4, -0.2) is 18.8 Å². The quantitative estimate of drug-likeness (QED) is 0.787. The van der Waals surface area contributed by atoms with E-state index >= 15 is 0 Å². The van der Waals surface area contributed by atoms with E-state index in [0.29, 0.717) is 29.5 Å². The summed E-state index contributed by atoms with van der Waals surface area (Å²) in [5.74, 6) is 0.268. The summed E-state index contributed by atoms with van der Waals surface area (Å²) in [4.78, 5) is 17.5. The molecule has 1 heterocycles. The molecule has 3 rings (SSSR count). The number of hydrogen-bond acceptors (Lipinski definition) is 4. The highest BCUT2D eigenvalue weighted by Crippen LogP contribution is 2.17. The van der Waals surface area contributed by atoms with Gasteiger partial charge in [-0.25, -0.2) is 10.3 Å². The lowest BCUT2D eigenvalue weighted by atomic mass is 10.2. The Morgan fingerprint density at radius 3 is 2.88 bits per heavy atom. The molecule has 0 bridgehead atoms. The lowest BCUT2D eigenvalue weighted by molar-refractivity contribution is -0.186. The fourth-order valence-electron chi connectivity index (χ4n) is 2.50. The molecule has 1 aliphatic heterocycles. The molecule has 1 atom stereocenters. The van der Waals surface area contributed by atoms with Gasteiger partial charge < -0.3 is 9.47 Å². The van der Waals surface area contributed by atoms with Crippen molar-refractivity contribution < 1.29 is 19.1 Å². The van der Waals surface area contributed by atoms with Crippen LogP contribution in [0.5, 0.6) is 5.75 Å². The second-order valence-corrected chi connectivity index (χ2v) is 6.23. The molecule has 1 N–H and O–H groups in total. The summed E-state index contributed by atoms with van der Waals surface area (Å²) >= 11 is 5.96. The Hall–Kier alpha value is -2.08. The van der Waals surface area contributed by atoms with Crippen LogP contribution in [0.2, 0.25) is 5.02 Å². The number of hydrogen-bond donors (Lipinski definition) is 1. The van der Waals surface area contributed by atoms with Crippen molar-refractivity contribution >= 4 is 17.5 Å². The van der Waals surface area contributed by atoms with Gasteiger partial charge in [-0.05, 0) is 48.7 Å². The smallest absolute Gasteiger partial charge is 0.275 e. The van der Waals surface area contributed by atoms with E-state index in [0.717, 1.165) is 24.8 Å². The highest BCUT2D eigenvalue weighted by atomic mass is 35.5. The van der Waals surface area contributed by atoms with Crippen LogP contribution >= 0.6 is 11.6 Å². The van der Waals surface area contributed by atoms with E-state index in [4.69, 9.17) is 25.9 Å². The molecule has 0 aromatic heterocycles. The first-order valence-electron chi connectivity index (χ1n) is 8.25. The molecule has 5 nitrogen and oxygen atoms in total. The number of carbonyl (C=O) groups is 1. The van der Waals surface area contributed by atoms with Crippen LogP contribution in [0.25, 0.3) is 0 Å². The highest BCUT2D eigenvalue weighted by Gasteiger charge is 2.16. The Labute approximate surface area is 151 Å². The van der Waals surface area contributed by atoms with Crippen LogP contribution in [0, 0.1) is 0 Å². The Morgan fingerprint density at radius 1 is 1.20 bits per heavy atom. The van der Waals surface area contributed by atoms with Gasteiger partial charge in [0.25, 0.3) is 5.91 Å². The van der Waals surface area contributed by atoms with Gasteiger partial charge in [0.15, 0.2) is 6.29 Å². The maximum Gasteiger partial charge on any atom is 0.275 e. The second-order valence-electron chi connectivity index (χ2n) is 5.79. The molecule has 1 saturated heterocycles. The van der Waals surface area contributed by atoms with Gasteiger partial charge in [-0.1, -0.05) is 29.8 Å². The van der Waals surface area contributed by atoms with Crippen molar-refractivity contribution in [2.75, 3.05) is 6.61 Å². The number of nitrogens with one attached hydrogen (secondary N) is 1. The minimum atomic E-state index is -0.375. The van der Waals surface area contributed by atoms with Gasteiger partial charge >= 0.3 is 0 Å². The summed E-state index contributed by atoms with van der Waals surface area (Å²) < 4.78 is 11.1. The van der Waals surface area contributed by atoms with E-state index in [-0.39, 0.29) is 12.2 Å². The topological polar surface area (TPSA) is 56.8 Å². The summed E-state index contributed by atoms with van der Waals surface area (Å²) in [7, 11) is 0. The van der Waals surface area contributed by atoms with Gasteiger partial charge in [-0.2, -0.15) is 0 Å². The first-order valence-corrected chi connectivity index (χ1v) is 8.63. The molecule has 1 amide bonds. The fourth-order valence-corrected chi connectivity index (χ4v) is 2.72. The van der Waals surface area contributed by atoms with E-state index in [2.05, 4.69) is 5.48 Å². The van der Waals surface area contributed by atoms with E-state index in [1.54, 1.807) is 24.3 Å². The number of amides is 1. The first-order chi connectivity index (χ1) is 12.2. The molecule has 2 aromatic carbocycles. The SMILES string of the molecule is O=C(NOC1CCCCO1)c1cccc(OCc2cccc(Cl)c2)c1. The fraction of sp³-hybridized carbons (Fsp3) is 0.316. The molecular weight excluding hydrogens is 342 g/mol. The number of carbonyl (C=O) groups excluding carboxylic acids is 1. The largest absolute Gasteiger partial charge is 0.489 e. The van der Waals surface area contributed by atoms with Gasteiger partial charge in [0, 0.05) is 23.6 Å². The third kappa shape index (κ3) is 5.46. The molecule has 2 aromatic rings. The van der Waals surface area contributed by atoms with Gasteiger partial charge in [-0.15, -0.1) is 0 Å². The van der Waals surface area contributed by atoms with Crippen molar-refractivity contribution in [2.24, 2.45) is 0 Å². The van der Waals surface area contributed by atoms with Gasteiger partial charge in [0.2, 0.25) is 0 Å². The van der Waals surface area contributed by atoms with Crippen molar-refractivity contribution in [1.29, 1.82) is 0 Å². The van der Waals surface area contributed by atoms with Crippen molar-refractivity contribution in [3.05, 3.63) is 64.7 Å². The zero-order valence-electron chi connectivity index (χ0n) is 13.7. The summed E-state index contributed by atoms with van der Waals surface area (Å²) in [6.07, 6.45) is 2.47. The molecule has 0 aliphatic carbocycles. The van der Waals surface area contributed by atoms with Gasteiger partial charge in [0.1, 0.15) is 12.4 Å². The maximum absolute atomic E-state index is 12.2. The molecule has 1 fully saturated rings. The predicted octanol–water partition coefficient (Wildman–Crippen LogP) is 4.11. The summed E-state index contributed by atoms with van der Waals surface area (Å²) in [5.41, 5.74) is 3.86. The lowest BCUT2D eigenvalue weighted by Gasteiger charge is -2.22. The van der Waals surface area contributed by atoms with Crippen LogP contribution in [0.3, 0.4) is 0 Å². The zero-order chi connectivity index (χ0) is 17.5. The number of hydroxylamine groups is 1. The maximum atomic E-state index is 12.2. The molecule has 0 radical (unpaired) electrons. The predicted molar refractivity (Wildman–Crippen MR) is 94.4 cm³/mol. The monoisotopic (exact) mass is 361 g/mol. The average Bonchev–Trinajstić information content (AvgIpc) is 2.65. The minimum Gasteiger partial charge on any atom is -0.489 e. The molecule has 1 unspecified atom stereocenters. The Kier molecular flexibility index (Phi) is 6.28. The normalized spacial score (nSPS) is 17.1. The first kappa shape index (κ1) is 17.7. The lowest BCUT2D eigenvalue weighted by Crippen LogP contribution is -2.33. The minimum absolute atomic E-state index is 0.331. The van der Waals surface area contributed by atoms with E-state index in [1.165, 1.54) is 0 Å². The molecule has 25 heavy (non-hydrogen) atoms. The molecule has 1 aliphatic rings. The van der Waals surface area contributed by atoms with Gasteiger partial charge in [0.05, 0.1) is 0 Å². The third-order valence-corrected chi connectivity index (χ3v) is 4.05. The van der Waals surface area contributed by atoms with E-state index < -0.39 is 0 Å². The highest BCUT2D eigenvalue weighted by molar-refractivity contribution is 6.30. The molecular formula is C19H20ClNO4. The molecule has 0 saturated carbocycles. The number of rotatable bonds is 6. The van der Waals surface area contributed by atoms with Crippen molar-refractivity contribution in [3.8, 4) is 5.75 Å². The van der Waals surface area contributed by atoms with E-state index in [1.807, 2.05) is 24.3 Å². The number of benzene rings is 2. The molecule has 6 heteroatoms. The summed E-state index contributed by atoms with van der Waals surface area (Å²) in [6, 6.07) is 14.4. The van der Waals surface area contributed by atoms with Crippen molar-refractivity contribution in [2.45, 2.75) is 32.2 Å². The average molecular weight is 362 g/mol. The Morgan fingerprint density at radius 2 is 2.08 bits per heavy atom. The van der Waals surface area contributed by atoms with Crippen LogP contribution in [0.1, 0.15) is 35.2 Å². The van der Waals surface area contributed by atoms with Crippen molar-refractivity contribution in [1.82, 2.24) is 5.48 Å². The number of halogens is 1. The molecule has 132 valence electrons. The number of ether oxygens (including phenoxy) is 2. The Balaban J connectivity index is 1.54. The van der Waals surface area contributed by atoms with Crippen molar-refractivity contribution in [3.63, 3.8) is 0 Å². The van der Waals surface area contributed by atoms with Gasteiger partial charge in [-0.3, -0.25) is 4.79 Å². The zero-order valence-corrected chi connectivity index (χ0v) is 14.5. The van der Waals surface area contributed by atoms with Crippen LogP contribution < -0.4 is 10.2 Å². The van der Waals surface area contributed by atoms with Crippen LogP contribution in [0.15, 0.2) is 48.5 Å². The van der Waals surface area contributed by atoms with E-state index in [9.17, 15) is 4.79 Å². The third-order valence-electron chi connectivity index (χ3n) is 3.81. The summed E-state index contributed by atoms with van der Waals surface area (Å²) in [5, 5.41) is 0.663. The second kappa shape index (κ2) is 8.85. The standard InChI is InChI=1S/C19H20ClNO4/c20-16-7-3-5-14(11-16)13-24-17-8-4-6-15(12-17)19(22)21-25-18-9-1-2-10-23-18/h3-8,11-12,18H,1-2,9-10,13H2,(H,21,22). The van der Waals surface area contributed by atoms with Crippen LogP contribution in [-0.2, 0) is 16.2 Å². The molecule has 0 spiro atoms.